The first-order valence-corrected chi connectivity index (χ1v) is 6.50. The predicted octanol–water partition coefficient (Wildman–Crippen LogP) is 2.72. The second-order valence-electron chi connectivity index (χ2n) is 5.21. The van der Waals surface area contributed by atoms with Crippen molar-refractivity contribution in [1.82, 2.24) is 10.3 Å². The first kappa shape index (κ1) is 11.5. The molecule has 2 N–H and O–H groups in total. The molecule has 1 aromatic heterocycles. The molecule has 3 rings (SSSR count). The Bertz CT molecular complexity index is 608. The van der Waals surface area contributed by atoms with Crippen LogP contribution in [0.4, 0.5) is 0 Å². The number of carbonyl (C=O) groups excluding carboxylic acids is 1. The number of carbonyl (C=O) groups is 1. The molecule has 2 aromatic rings. The van der Waals surface area contributed by atoms with E-state index in [2.05, 4.69) is 30.2 Å². The summed E-state index contributed by atoms with van der Waals surface area (Å²) >= 11 is 0. The lowest BCUT2D eigenvalue weighted by molar-refractivity contribution is 0.0992. The van der Waals surface area contributed by atoms with Crippen molar-refractivity contribution < 1.29 is 4.79 Å². The summed E-state index contributed by atoms with van der Waals surface area (Å²) in [6, 6.07) is 4.69. The van der Waals surface area contributed by atoms with Crippen molar-refractivity contribution in [2.24, 2.45) is 0 Å². The Kier molecular flexibility index (Phi) is 2.71. The summed E-state index contributed by atoms with van der Waals surface area (Å²) in [7, 11) is 0. The molecule has 18 heavy (non-hydrogen) atoms. The largest absolute Gasteiger partial charge is 0.360 e. The molecule has 0 spiro atoms. The van der Waals surface area contributed by atoms with Gasteiger partial charge in [-0.25, -0.2) is 0 Å². The lowest BCUT2D eigenvalue weighted by atomic mass is 10.0. The van der Waals surface area contributed by atoms with Gasteiger partial charge in [-0.15, -0.1) is 0 Å². The number of ketones is 1. The van der Waals surface area contributed by atoms with E-state index in [1.807, 2.05) is 12.3 Å². The van der Waals surface area contributed by atoms with Gasteiger partial charge in [0.2, 0.25) is 0 Å². The number of aryl methyl sites for hydroxylation is 2. The molecular formula is C15H18N2O. The van der Waals surface area contributed by atoms with Gasteiger partial charge in [0, 0.05) is 28.7 Å². The molecule has 0 amide bonds. The predicted molar refractivity (Wildman–Crippen MR) is 73.1 cm³/mol. The average molecular weight is 242 g/mol. The number of hydrogen-bond acceptors (Lipinski definition) is 2. The molecule has 0 saturated heterocycles. The van der Waals surface area contributed by atoms with E-state index >= 15 is 0 Å². The summed E-state index contributed by atoms with van der Waals surface area (Å²) in [6.07, 6.45) is 4.26. The molecule has 3 nitrogen and oxygen atoms in total. The van der Waals surface area contributed by atoms with E-state index in [9.17, 15) is 4.79 Å². The minimum absolute atomic E-state index is 0.177. The molecule has 1 saturated carbocycles. The molecule has 3 heteroatoms. The van der Waals surface area contributed by atoms with Crippen LogP contribution >= 0.6 is 0 Å². The average Bonchev–Trinajstić information content (AvgIpc) is 3.09. The first-order chi connectivity index (χ1) is 8.66. The van der Waals surface area contributed by atoms with Gasteiger partial charge >= 0.3 is 0 Å². The van der Waals surface area contributed by atoms with Crippen LogP contribution in [0, 0.1) is 13.8 Å². The summed E-state index contributed by atoms with van der Waals surface area (Å²) in [5.41, 5.74) is 4.37. The van der Waals surface area contributed by atoms with Gasteiger partial charge in [-0.3, -0.25) is 4.79 Å². The van der Waals surface area contributed by atoms with Crippen LogP contribution in [0.25, 0.3) is 10.9 Å². The second-order valence-corrected chi connectivity index (χ2v) is 5.21. The maximum Gasteiger partial charge on any atom is 0.178 e. The van der Waals surface area contributed by atoms with Crippen LogP contribution in [0.5, 0.6) is 0 Å². The maximum atomic E-state index is 12.2. The molecule has 0 bridgehead atoms. The minimum atomic E-state index is 0.177. The summed E-state index contributed by atoms with van der Waals surface area (Å²) in [6.45, 7) is 4.63. The number of hydrogen-bond donors (Lipinski definition) is 2. The number of aromatic nitrogens is 1. The lowest BCUT2D eigenvalue weighted by Gasteiger charge is -2.03. The monoisotopic (exact) mass is 242 g/mol. The minimum Gasteiger partial charge on any atom is -0.360 e. The van der Waals surface area contributed by atoms with Gasteiger partial charge < -0.3 is 10.3 Å². The SMILES string of the molecule is Cc1ccc2c(C(=O)CNC3CC3)c[nH]c2c1C. The van der Waals surface area contributed by atoms with E-state index in [0.717, 1.165) is 16.5 Å². The molecule has 0 radical (unpaired) electrons. The number of Topliss-reactive ketones (excluding diaryl/α,β-unsaturated/α-hetero) is 1. The molecule has 0 unspecified atom stereocenters. The van der Waals surface area contributed by atoms with Crippen LogP contribution in [0.3, 0.4) is 0 Å². The van der Waals surface area contributed by atoms with E-state index < -0.39 is 0 Å². The van der Waals surface area contributed by atoms with Crippen molar-refractivity contribution in [1.29, 1.82) is 0 Å². The number of H-pyrrole nitrogens is 1. The van der Waals surface area contributed by atoms with E-state index in [-0.39, 0.29) is 5.78 Å². The van der Waals surface area contributed by atoms with Crippen molar-refractivity contribution in [3.63, 3.8) is 0 Å². The number of fused-ring (bicyclic) bond motifs is 1. The highest BCUT2D eigenvalue weighted by atomic mass is 16.1. The molecular weight excluding hydrogens is 224 g/mol. The van der Waals surface area contributed by atoms with E-state index in [4.69, 9.17) is 0 Å². The second kappa shape index (κ2) is 4.25. The van der Waals surface area contributed by atoms with Crippen molar-refractivity contribution >= 4 is 16.7 Å². The Morgan fingerprint density at radius 1 is 1.39 bits per heavy atom. The van der Waals surface area contributed by atoms with Gasteiger partial charge in [0.15, 0.2) is 5.78 Å². The van der Waals surface area contributed by atoms with Crippen LogP contribution in [0.2, 0.25) is 0 Å². The molecule has 0 atom stereocenters. The van der Waals surface area contributed by atoms with Gasteiger partial charge in [0.25, 0.3) is 0 Å². The number of aromatic amines is 1. The van der Waals surface area contributed by atoms with Crippen LogP contribution in [-0.4, -0.2) is 23.4 Å². The fourth-order valence-corrected chi connectivity index (χ4v) is 2.30. The summed E-state index contributed by atoms with van der Waals surface area (Å²) in [4.78, 5) is 15.4. The van der Waals surface area contributed by atoms with Gasteiger partial charge in [-0.1, -0.05) is 12.1 Å². The molecule has 94 valence electrons. The van der Waals surface area contributed by atoms with E-state index in [1.54, 1.807) is 0 Å². The maximum absolute atomic E-state index is 12.2. The first-order valence-electron chi connectivity index (χ1n) is 6.50. The fourth-order valence-electron chi connectivity index (χ4n) is 2.30. The highest BCUT2D eigenvalue weighted by Crippen LogP contribution is 2.24. The zero-order valence-electron chi connectivity index (χ0n) is 10.8. The van der Waals surface area contributed by atoms with Crippen LogP contribution in [0.1, 0.15) is 34.3 Å². The van der Waals surface area contributed by atoms with Crippen molar-refractivity contribution in [2.45, 2.75) is 32.7 Å². The third-order valence-corrected chi connectivity index (χ3v) is 3.82. The topological polar surface area (TPSA) is 44.9 Å². The van der Waals surface area contributed by atoms with Gasteiger partial charge in [-0.2, -0.15) is 0 Å². The zero-order chi connectivity index (χ0) is 12.7. The third-order valence-electron chi connectivity index (χ3n) is 3.82. The number of rotatable bonds is 4. The molecule has 0 aliphatic heterocycles. The highest BCUT2D eigenvalue weighted by Gasteiger charge is 2.22. The quantitative estimate of drug-likeness (QED) is 0.810. The van der Waals surface area contributed by atoms with Crippen LogP contribution < -0.4 is 5.32 Å². The Balaban J connectivity index is 1.91. The Hall–Kier alpha value is -1.61. The summed E-state index contributed by atoms with van der Waals surface area (Å²) in [5, 5.41) is 4.31. The molecule has 1 aromatic carbocycles. The zero-order valence-corrected chi connectivity index (χ0v) is 10.8. The summed E-state index contributed by atoms with van der Waals surface area (Å²) < 4.78 is 0. The normalized spacial score (nSPS) is 15.2. The standard InChI is InChI=1S/C15H18N2O/c1-9-3-6-12-13(7-17-15(12)10(9)2)14(18)8-16-11-4-5-11/h3,6-7,11,16-17H,4-5,8H2,1-2H3. The Labute approximate surface area is 107 Å². The van der Waals surface area contributed by atoms with Gasteiger partial charge in [0.1, 0.15) is 0 Å². The van der Waals surface area contributed by atoms with Crippen molar-refractivity contribution in [3.8, 4) is 0 Å². The third kappa shape index (κ3) is 1.95. The Morgan fingerprint density at radius 2 is 2.17 bits per heavy atom. The number of nitrogens with one attached hydrogen (secondary N) is 2. The summed E-state index contributed by atoms with van der Waals surface area (Å²) in [5.74, 6) is 0.177. The van der Waals surface area contributed by atoms with Crippen molar-refractivity contribution in [2.75, 3.05) is 6.54 Å². The Morgan fingerprint density at radius 3 is 2.89 bits per heavy atom. The van der Waals surface area contributed by atoms with E-state index in [1.165, 1.54) is 24.0 Å². The van der Waals surface area contributed by atoms with Gasteiger partial charge in [0.05, 0.1) is 6.54 Å². The molecule has 1 heterocycles. The van der Waals surface area contributed by atoms with Crippen molar-refractivity contribution in [3.05, 3.63) is 35.0 Å². The smallest absolute Gasteiger partial charge is 0.178 e. The lowest BCUT2D eigenvalue weighted by Crippen LogP contribution is -2.24. The van der Waals surface area contributed by atoms with E-state index in [0.29, 0.717) is 12.6 Å². The van der Waals surface area contributed by atoms with Crippen LogP contribution in [-0.2, 0) is 0 Å². The van der Waals surface area contributed by atoms with Gasteiger partial charge in [-0.05, 0) is 37.8 Å². The molecule has 1 aliphatic carbocycles. The number of benzene rings is 1. The molecule has 1 fully saturated rings. The fraction of sp³-hybridized carbons (Fsp3) is 0.400. The van der Waals surface area contributed by atoms with Crippen LogP contribution in [0.15, 0.2) is 18.3 Å². The molecule has 1 aliphatic rings. The highest BCUT2D eigenvalue weighted by molar-refractivity contribution is 6.09.